The summed E-state index contributed by atoms with van der Waals surface area (Å²) in [6.45, 7) is 1.25. The number of aromatic nitrogens is 2. The number of carbonyl (C=O) groups excluding carboxylic acids is 1. The van der Waals surface area contributed by atoms with Gasteiger partial charge in [-0.25, -0.2) is 4.68 Å². The number of hydrogen-bond acceptors (Lipinski definition) is 5. The molecule has 1 aliphatic heterocycles. The van der Waals surface area contributed by atoms with Crippen molar-refractivity contribution in [1.29, 1.82) is 0 Å². The minimum atomic E-state index is -0.374. The second-order valence-electron chi connectivity index (χ2n) is 4.24. The third-order valence-electron chi connectivity index (χ3n) is 2.83. The molecule has 1 aromatic rings. The van der Waals surface area contributed by atoms with Gasteiger partial charge in [0.25, 0.3) is 5.56 Å². The fourth-order valence-electron chi connectivity index (χ4n) is 1.83. The molecule has 0 bridgehead atoms. The van der Waals surface area contributed by atoms with Gasteiger partial charge in [0.1, 0.15) is 5.02 Å². The van der Waals surface area contributed by atoms with Gasteiger partial charge in [0, 0.05) is 20.1 Å². The molecule has 0 spiro atoms. The molecule has 1 aromatic heterocycles. The van der Waals surface area contributed by atoms with E-state index in [-0.39, 0.29) is 22.5 Å². The van der Waals surface area contributed by atoms with Crippen LogP contribution in [0.15, 0.2) is 11.0 Å². The largest absolute Gasteiger partial charge is 0.383 e. The van der Waals surface area contributed by atoms with E-state index in [1.807, 2.05) is 0 Å². The summed E-state index contributed by atoms with van der Waals surface area (Å²) in [5, 5.41) is 9.82. The molecule has 1 saturated heterocycles. The SMILES string of the molecule is COCCn1ncc(NC2CNC(=O)C2)c(Cl)c1=O. The number of methoxy groups -OCH3 is 1. The monoisotopic (exact) mass is 286 g/mol. The van der Waals surface area contributed by atoms with Crippen molar-refractivity contribution in [3.8, 4) is 0 Å². The number of nitrogens with one attached hydrogen (secondary N) is 2. The Morgan fingerprint density at radius 3 is 3.05 bits per heavy atom. The van der Waals surface area contributed by atoms with Crippen LogP contribution in [0.25, 0.3) is 0 Å². The molecule has 104 valence electrons. The molecule has 1 fully saturated rings. The molecule has 19 heavy (non-hydrogen) atoms. The van der Waals surface area contributed by atoms with Crippen LogP contribution in [-0.4, -0.2) is 42.0 Å². The van der Waals surface area contributed by atoms with Crippen molar-refractivity contribution in [3.63, 3.8) is 0 Å². The van der Waals surface area contributed by atoms with Gasteiger partial charge >= 0.3 is 0 Å². The summed E-state index contributed by atoms with van der Waals surface area (Å²) in [7, 11) is 1.55. The number of nitrogens with zero attached hydrogens (tertiary/aromatic N) is 2. The maximum atomic E-state index is 11.9. The van der Waals surface area contributed by atoms with E-state index in [1.54, 1.807) is 7.11 Å². The Balaban J connectivity index is 2.12. The first-order valence-corrected chi connectivity index (χ1v) is 6.27. The van der Waals surface area contributed by atoms with Gasteiger partial charge in [-0.15, -0.1) is 0 Å². The van der Waals surface area contributed by atoms with Gasteiger partial charge in [-0.3, -0.25) is 9.59 Å². The lowest BCUT2D eigenvalue weighted by atomic mass is 10.2. The molecule has 8 heteroatoms. The second kappa shape index (κ2) is 6.03. The lowest BCUT2D eigenvalue weighted by molar-refractivity contribution is -0.119. The molecule has 1 unspecified atom stereocenters. The van der Waals surface area contributed by atoms with Gasteiger partial charge in [0.05, 0.1) is 31.1 Å². The molecule has 7 nitrogen and oxygen atoms in total. The Labute approximate surface area is 114 Å². The van der Waals surface area contributed by atoms with E-state index in [4.69, 9.17) is 16.3 Å². The summed E-state index contributed by atoms with van der Waals surface area (Å²) in [4.78, 5) is 23.0. The van der Waals surface area contributed by atoms with Gasteiger partial charge in [-0.2, -0.15) is 5.10 Å². The predicted molar refractivity (Wildman–Crippen MR) is 70.4 cm³/mol. The van der Waals surface area contributed by atoms with Crippen molar-refractivity contribution in [2.24, 2.45) is 0 Å². The molecule has 1 atom stereocenters. The summed E-state index contributed by atoms with van der Waals surface area (Å²) >= 11 is 6.01. The smallest absolute Gasteiger partial charge is 0.287 e. The van der Waals surface area contributed by atoms with E-state index in [0.717, 1.165) is 0 Å². The number of amides is 1. The summed E-state index contributed by atoms with van der Waals surface area (Å²) in [5.41, 5.74) is 0.0721. The highest BCUT2D eigenvalue weighted by atomic mass is 35.5. The molecular weight excluding hydrogens is 272 g/mol. The molecule has 2 rings (SSSR count). The van der Waals surface area contributed by atoms with E-state index in [0.29, 0.717) is 31.8 Å². The minimum Gasteiger partial charge on any atom is -0.383 e. The number of anilines is 1. The zero-order chi connectivity index (χ0) is 13.8. The van der Waals surface area contributed by atoms with Gasteiger partial charge in [-0.05, 0) is 0 Å². The van der Waals surface area contributed by atoms with Gasteiger partial charge < -0.3 is 15.4 Å². The lowest BCUT2D eigenvalue weighted by Crippen LogP contribution is -2.28. The van der Waals surface area contributed by atoms with Gasteiger partial charge in [-0.1, -0.05) is 11.6 Å². The van der Waals surface area contributed by atoms with Crippen LogP contribution in [0.5, 0.6) is 0 Å². The van der Waals surface area contributed by atoms with Crippen molar-refractivity contribution < 1.29 is 9.53 Å². The molecule has 0 saturated carbocycles. The molecule has 0 aromatic carbocycles. The Kier molecular flexibility index (Phi) is 4.39. The summed E-state index contributed by atoms with van der Waals surface area (Å²) in [6, 6.07) is -0.0685. The first kappa shape index (κ1) is 13.8. The Bertz CT molecular complexity index is 531. The number of carbonyl (C=O) groups is 1. The minimum absolute atomic E-state index is 0.0185. The highest BCUT2D eigenvalue weighted by Gasteiger charge is 2.22. The van der Waals surface area contributed by atoms with E-state index >= 15 is 0 Å². The molecule has 2 heterocycles. The van der Waals surface area contributed by atoms with Crippen LogP contribution in [0.3, 0.4) is 0 Å². The third kappa shape index (κ3) is 3.24. The van der Waals surface area contributed by atoms with Crippen molar-refractivity contribution in [1.82, 2.24) is 15.1 Å². The third-order valence-corrected chi connectivity index (χ3v) is 3.19. The average molecular weight is 287 g/mol. The van der Waals surface area contributed by atoms with Crippen LogP contribution in [-0.2, 0) is 16.1 Å². The summed E-state index contributed by atoms with van der Waals surface area (Å²) in [5.74, 6) is -0.0185. The van der Waals surface area contributed by atoms with Gasteiger partial charge in [0.15, 0.2) is 0 Å². The van der Waals surface area contributed by atoms with Crippen molar-refractivity contribution >= 4 is 23.2 Å². The standard InChI is InChI=1S/C11H15ClN4O3/c1-19-3-2-16-11(18)10(12)8(6-14-16)15-7-4-9(17)13-5-7/h6-7,15H,2-5H2,1H3,(H,13,17). The molecule has 1 amide bonds. The average Bonchev–Trinajstić information content (AvgIpc) is 2.80. The van der Waals surface area contributed by atoms with Crippen LogP contribution in [0.2, 0.25) is 5.02 Å². The van der Waals surface area contributed by atoms with E-state index in [9.17, 15) is 9.59 Å². The number of ether oxygens (including phenoxy) is 1. The van der Waals surface area contributed by atoms with Crippen LogP contribution >= 0.6 is 11.6 Å². The second-order valence-corrected chi connectivity index (χ2v) is 4.62. The first-order valence-electron chi connectivity index (χ1n) is 5.89. The highest BCUT2D eigenvalue weighted by molar-refractivity contribution is 6.32. The lowest BCUT2D eigenvalue weighted by Gasteiger charge is -2.13. The van der Waals surface area contributed by atoms with Crippen molar-refractivity contribution in [2.45, 2.75) is 19.0 Å². The predicted octanol–water partition coefficient (Wildman–Crippen LogP) is -0.157. The molecule has 0 aliphatic carbocycles. The molecular formula is C11H15ClN4O3. The van der Waals surface area contributed by atoms with Crippen LogP contribution in [0, 0.1) is 0 Å². The summed E-state index contributed by atoms with van der Waals surface area (Å²) in [6.07, 6.45) is 1.85. The van der Waals surface area contributed by atoms with Crippen molar-refractivity contribution in [2.75, 3.05) is 25.6 Å². The summed E-state index contributed by atoms with van der Waals surface area (Å²) < 4.78 is 6.13. The Morgan fingerprint density at radius 2 is 2.42 bits per heavy atom. The quantitative estimate of drug-likeness (QED) is 0.786. The van der Waals surface area contributed by atoms with Gasteiger partial charge in [0.2, 0.25) is 5.91 Å². The fourth-order valence-corrected chi connectivity index (χ4v) is 2.03. The number of hydrogen-bond donors (Lipinski definition) is 2. The normalized spacial score (nSPS) is 18.4. The molecule has 0 radical (unpaired) electrons. The number of halogens is 1. The fraction of sp³-hybridized carbons (Fsp3) is 0.545. The molecule has 2 N–H and O–H groups in total. The van der Waals surface area contributed by atoms with E-state index in [1.165, 1.54) is 10.9 Å². The molecule has 1 aliphatic rings. The topological polar surface area (TPSA) is 85.2 Å². The first-order chi connectivity index (χ1) is 9.11. The van der Waals surface area contributed by atoms with Crippen molar-refractivity contribution in [3.05, 3.63) is 21.6 Å². The highest BCUT2D eigenvalue weighted by Crippen LogP contribution is 2.18. The maximum Gasteiger partial charge on any atom is 0.287 e. The van der Waals surface area contributed by atoms with E-state index in [2.05, 4.69) is 15.7 Å². The zero-order valence-electron chi connectivity index (χ0n) is 10.5. The Morgan fingerprint density at radius 1 is 1.63 bits per heavy atom. The van der Waals surface area contributed by atoms with E-state index < -0.39 is 0 Å². The zero-order valence-corrected chi connectivity index (χ0v) is 11.2. The number of rotatable bonds is 5. The maximum absolute atomic E-state index is 11.9. The van der Waals surface area contributed by atoms with Crippen LogP contribution in [0.1, 0.15) is 6.42 Å². The van der Waals surface area contributed by atoms with Crippen LogP contribution in [0.4, 0.5) is 5.69 Å². The Hall–Kier alpha value is -1.60. The van der Waals surface area contributed by atoms with Crippen LogP contribution < -0.4 is 16.2 Å².